The number of anilines is 1. The highest BCUT2D eigenvalue weighted by Gasteiger charge is 2.30. The van der Waals surface area contributed by atoms with Gasteiger partial charge < -0.3 is 15.3 Å². The largest absolute Gasteiger partial charge is 0.391 e. The Hall–Kier alpha value is -2.73. The van der Waals surface area contributed by atoms with Crippen molar-refractivity contribution in [2.75, 3.05) is 18.4 Å². The first-order valence-corrected chi connectivity index (χ1v) is 9.09. The zero-order valence-electron chi connectivity index (χ0n) is 15.0. The van der Waals surface area contributed by atoms with E-state index in [2.05, 4.69) is 5.32 Å². The van der Waals surface area contributed by atoms with E-state index in [0.717, 1.165) is 5.56 Å². The molecule has 0 unspecified atom stereocenters. The standard InChI is InChI=1S/C21H23FN2O3/c22-16-7-4-8-17(13-16)23-20(26)9-10-21(27)24-12-11-18(19(25)14-24)15-5-2-1-3-6-15/h1-8,13,18-19,25H,9-12,14H2,(H,23,26)/t18-,19+/m0/s1. The van der Waals surface area contributed by atoms with Gasteiger partial charge in [-0.05, 0) is 30.2 Å². The number of nitrogens with zero attached hydrogens (tertiary/aromatic N) is 1. The number of piperidine rings is 1. The molecule has 0 radical (unpaired) electrons. The van der Waals surface area contributed by atoms with Gasteiger partial charge in [-0.3, -0.25) is 9.59 Å². The van der Waals surface area contributed by atoms with Crippen molar-refractivity contribution in [3.05, 3.63) is 66.0 Å². The minimum absolute atomic E-state index is 0.0179. The lowest BCUT2D eigenvalue weighted by Crippen LogP contribution is -2.45. The number of rotatable bonds is 5. The van der Waals surface area contributed by atoms with Crippen molar-refractivity contribution < 1.29 is 19.1 Å². The maximum atomic E-state index is 13.1. The van der Waals surface area contributed by atoms with Gasteiger partial charge in [-0.15, -0.1) is 0 Å². The van der Waals surface area contributed by atoms with E-state index in [1.807, 2.05) is 30.3 Å². The molecule has 2 aromatic carbocycles. The van der Waals surface area contributed by atoms with E-state index in [1.54, 1.807) is 11.0 Å². The molecule has 3 rings (SSSR count). The first-order valence-electron chi connectivity index (χ1n) is 9.09. The molecule has 0 aliphatic carbocycles. The summed E-state index contributed by atoms with van der Waals surface area (Å²) in [7, 11) is 0. The molecule has 6 heteroatoms. The molecule has 1 heterocycles. The van der Waals surface area contributed by atoms with Crippen molar-refractivity contribution in [1.82, 2.24) is 4.90 Å². The molecule has 142 valence electrons. The highest BCUT2D eigenvalue weighted by atomic mass is 19.1. The predicted molar refractivity (Wildman–Crippen MR) is 101 cm³/mol. The lowest BCUT2D eigenvalue weighted by molar-refractivity contribution is -0.136. The molecule has 0 aromatic heterocycles. The third-order valence-electron chi connectivity index (χ3n) is 4.84. The summed E-state index contributed by atoms with van der Waals surface area (Å²) < 4.78 is 13.1. The van der Waals surface area contributed by atoms with Crippen LogP contribution in [0.5, 0.6) is 0 Å². The third kappa shape index (κ3) is 5.14. The second kappa shape index (κ2) is 8.77. The Bertz CT molecular complexity index is 797. The van der Waals surface area contributed by atoms with Crippen molar-refractivity contribution in [2.45, 2.75) is 31.3 Å². The maximum absolute atomic E-state index is 13.1. The number of carbonyl (C=O) groups excluding carboxylic acids is 2. The van der Waals surface area contributed by atoms with E-state index in [-0.39, 0.29) is 37.1 Å². The number of β-amino-alcohol motifs (C(OH)–C–C–N with tert-alkyl or cyclic N) is 1. The molecule has 2 atom stereocenters. The summed E-state index contributed by atoms with van der Waals surface area (Å²) in [4.78, 5) is 25.9. The zero-order chi connectivity index (χ0) is 19.2. The van der Waals surface area contributed by atoms with Gasteiger partial charge in [0.1, 0.15) is 5.82 Å². The summed E-state index contributed by atoms with van der Waals surface area (Å²) in [6.45, 7) is 0.824. The van der Waals surface area contributed by atoms with Gasteiger partial charge in [-0.25, -0.2) is 4.39 Å². The average Bonchev–Trinajstić information content (AvgIpc) is 2.66. The smallest absolute Gasteiger partial charge is 0.224 e. The Kier molecular flexibility index (Phi) is 6.19. The Morgan fingerprint density at radius 3 is 2.59 bits per heavy atom. The normalized spacial score (nSPS) is 19.6. The molecular formula is C21H23FN2O3. The van der Waals surface area contributed by atoms with Crippen LogP contribution in [-0.4, -0.2) is 41.0 Å². The molecular weight excluding hydrogens is 347 g/mol. The van der Waals surface area contributed by atoms with Gasteiger partial charge in [-0.1, -0.05) is 36.4 Å². The quantitative estimate of drug-likeness (QED) is 0.850. The van der Waals surface area contributed by atoms with Crippen LogP contribution in [0, 0.1) is 5.82 Å². The summed E-state index contributed by atoms with van der Waals surface area (Å²) >= 11 is 0. The molecule has 1 aliphatic rings. The number of carbonyl (C=O) groups is 2. The second-order valence-electron chi connectivity index (χ2n) is 6.77. The SMILES string of the molecule is O=C(CCC(=O)N1CC[C@@H](c2ccccc2)[C@H](O)C1)Nc1cccc(F)c1. The van der Waals surface area contributed by atoms with E-state index in [0.29, 0.717) is 18.7 Å². The summed E-state index contributed by atoms with van der Waals surface area (Å²) in [6.07, 6.45) is 0.145. The van der Waals surface area contributed by atoms with Gasteiger partial charge in [0.25, 0.3) is 0 Å². The lowest BCUT2D eigenvalue weighted by Gasteiger charge is -2.36. The molecule has 0 bridgehead atoms. The number of halogens is 1. The molecule has 5 nitrogen and oxygen atoms in total. The third-order valence-corrected chi connectivity index (χ3v) is 4.84. The van der Waals surface area contributed by atoms with Crippen LogP contribution in [0.15, 0.2) is 54.6 Å². The van der Waals surface area contributed by atoms with E-state index < -0.39 is 11.9 Å². The predicted octanol–water partition coefficient (Wildman–Crippen LogP) is 2.92. The van der Waals surface area contributed by atoms with Crippen LogP contribution in [0.2, 0.25) is 0 Å². The monoisotopic (exact) mass is 370 g/mol. The summed E-state index contributed by atoms with van der Waals surface area (Å²) in [5.41, 5.74) is 1.44. The van der Waals surface area contributed by atoms with Crippen LogP contribution >= 0.6 is 0 Å². The number of likely N-dealkylation sites (tertiary alicyclic amines) is 1. The second-order valence-corrected chi connectivity index (χ2v) is 6.77. The fourth-order valence-electron chi connectivity index (χ4n) is 3.42. The molecule has 27 heavy (non-hydrogen) atoms. The minimum Gasteiger partial charge on any atom is -0.391 e. The first-order chi connectivity index (χ1) is 13.0. The molecule has 0 saturated carbocycles. The number of hydrogen-bond acceptors (Lipinski definition) is 3. The highest BCUT2D eigenvalue weighted by Crippen LogP contribution is 2.28. The molecule has 0 spiro atoms. The van der Waals surface area contributed by atoms with Gasteiger partial charge in [-0.2, -0.15) is 0 Å². The average molecular weight is 370 g/mol. The number of hydrogen-bond donors (Lipinski definition) is 2. The number of benzene rings is 2. The molecule has 1 fully saturated rings. The molecule has 1 saturated heterocycles. The van der Waals surface area contributed by atoms with E-state index in [4.69, 9.17) is 0 Å². The van der Waals surface area contributed by atoms with Crippen LogP contribution in [0.3, 0.4) is 0 Å². The van der Waals surface area contributed by atoms with Crippen molar-refractivity contribution in [2.24, 2.45) is 0 Å². The van der Waals surface area contributed by atoms with Crippen molar-refractivity contribution in [3.8, 4) is 0 Å². The van der Waals surface area contributed by atoms with E-state index in [1.165, 1.54) is 18.2 Å². The fraction of sp³-hybridized carbons (Fsp3) is 0.333. The zero-order valence-corrected chi connectivity index (χ0v) is 15.0. The van der Waals surface area contributed by atoms with Gasteiger partial charge in [0.05, 0.1) is 6.10 Å². The summed E-state index contributed by atoms with van der Waals surface area (Å²) in [6, 6.07) is 15.4. The molecule has 1 aliphatic heterocycles. The number of amides is 2. The molecule has 2 amide bonds. The minimum atomic E-state index is -0.619. The van der Waals surface area contributed by atoms with Gasteiger partial charge in [0.15, 0.2) is 0 Å². The number of aliphatic hydroxyl groups is 1. The van der Waals surface area contributed by atoms with Crippen LogP contribution in [-0.2, 0) is 9.59 Å². The molecule has 2 aromatic rings. The topological polar surface area (TPSA) is 69.6 Å². The maximum Gasteiger partial charge on any atom is 0.224 e. The van der Waals surface area contributed by atoms with Crippen molar-refractivity contribution in [3.63, 3.8) is 0 Å². The number of nitrogens with one attached hydrogen (secondary N) is 1. The van der Waals surface area contributed by atoms with Crippen molar-refractivity contribution in [1.29, 1.82) is 0 Å². The Balaban J connectivity index is 1.47. The Labute approximate surface area is 157 Å². The van der Waals surface area contributed by atoms with Gasteiger partial charge >= 0.3 is 0 Å². The van der Waals surface area contributed by atoms with Crippen LogP contribution in [0.25, 0.3) is 0 Å². The summed E-state index contributed by atoms with van der Waals surface area (Å²) in [5.74, 6) is -0.908. The Morgan fingerprint density at radius 2 is 1.89 bits per heavy atom. The van der Waals surface area contributed by atoms with E-state index >= 15 is 0 Å². The molecule has 2 N–H and O–H groups in total. The summed E-state index contributed by atoms with van der Waals surface area (Å²) in [5, 5.41) is 13.0. The van der Waals surface area contributed by atoms with Crippen LogP contribution < -0.4 is 5.32 Å². The van der Waals surface area contributed by atoms with Gasteiger partial charge in [0, 0.05) is 37.5 Å². The van der Waals surface area contributed by atoms with Crippen LogP contribution in [0.1, 0.15) is 30.7 Å². The highest BCUT2D eigenvalue weighted by molar-refractivity contribution is 5.93. The fourth-order valence-corrected chi connectivity index (χ4v) is 3.42. The van der Waals surface area contributed by atoms with E-state index in [9.17, 15) is 19.1 Å². The lowest BCUT2D eigenvalue weighted by atomic mass is 9.87. The van der Waals surface area contributed by atoms with Crippen LogP contribution in [0.4, 0.5) is 10.1 Å². The Morgan fingerprint density at radius 1 is 1.11 bits per heavy atom. The van der Waals surface area contributed by atoms with Crippen molar-refractivity contribution >= 4 is 17.5 Å². The number of aliphatic hydroxyl groups excluding tert-OH is 1. The first kappa shape index (κ1) is 19.0. The van der Waals surface area contributed by atoms with Gasteiger partial charge in [0.2, 0.25) is 11.8 Å².